The highest BCUT2D eigenvalue weighted by Gasteiger charge is 2.13. The van der Waals surface area contributed by atoms with Gasteiger partial charge in [-0.2, -0.15) is 0 Å². The summed E-state index contributed by atoms with van der Waals surface area (Å²) in [4.78, 5) is 34.2. The second-order valence-electron chi connectivity index (χ2n) is 8.95. The smallest absolute Gasteiger partial charge is 0.335 e. The lowest BCUT2D eigenvalue weighted by Gasteiger charge is -2.15. The van der Waals surface area contributed by atoms with Gasteiger partial charge in [-0.25, -0.2) is 9.59 Å². The Morgan fingerprint density at radius 2 is 1.58 bits per heavy atom. The Morgan fingerprint density at radius 1 is 0.944 bits per heavy atom. The molecule has 1 atom stereocenters. The Bertz CT molecular complexity index is 1200. The maximum absolute atomic E-state index is 11.0. The lowest BCUT2D eigenvalue weighted by molar-refractivity contribution is -0.110. The molecule has 0 spiro atoms. The van der Waals surface area contributed by atoms with Crippen molar-refractivity contribution in [3.8, 4) is 11.1 Å². The number of benzene rings is 3. The van der Waals surface area contributed by atoms with E-state index in [1.54, 1.807) is 24.3 Å². The molecule has 1 aliphatic rings. The van der Waals surface area contributed by atoms with E-state index >= 15 is 0 Å². The molecule has 0 bridgehead atoms. The number of hydrogen-bond acceptors (Lipinski definition) is 4. The van der Waals surface area contributed by atoms with Crippen LogP contribution in [0.2, 0.25) is 0 Å². The summed E-state index contributed by atoms with van der Waals surface area (Å²) in [5, 5.41) is 20.3. The summed E-state index contributed by atoms with van der Waals surface area (Å²) < 4.78 is 0. The van der Waals surface area contributed by atoms with Gasteiger partial charge in [0.05, 0.1) is 17.2 Å². The van der Waals surface area contributed by atoms with E-state index in [0.29, 0.717) is 12.0 Å². The van der Waals surface area contributed by atoms with Crippen molar-refractivity contribution in [2.24, 2.45) is 0 Å². The summed E-state index contributed by atoms with van der Waals surface area (Å²) in [5.41, 5.74) is 6.04. The zero-order chi connectivity index (χ0) is 26.1. The van der Waals surface area contributed by atoms with E-state index in [2.05, 4.69) is 34.5 Å². The lowest BCUT2D eigenvalue weighted by atomic mass is 9.97. The Hall–Kier alpha value is -3.97. The number of carbonyl (C=O) groups excluding carboxylic acids is 1. The SMILES string of the molecule is CC(NC=O)c1ccc(C(=O)O)cc1.Cc1cc(C(=O)O)ccc1-c1cccc(CN2CCCC2)c1. The van der Waals surface area contributed by atoms with Gasteiger partial charge < -0.3 is 15.5 Å². The highest BCUT2D eigenvalue weighted by atomic mass is 16.4. The third-order valence-electron chi connectivity index (χ3n) is 6.29. The normalized spacial score (nSPS) is 13.8. The molecule has 3 N–H and O–H groups in total. The van der Waals surface area contributed by atoms with Gasteiger partial charge in [0.15, 0.2) is 0 Å². The second-order valence-corrected chi connectivity index (χ2v) is 8.95. The minimum atomic E-state index is -0.951. The summed E-state index contributed by atoms with van der Waals surface area (Å²) in [6.45, 7) is 7.17. The highest BCUT2D eigenvalue weighted by Crippen LogP contribution is 2.26. The largest absolute Gasteiger partial charge is 0.478 e. The second kappa shape index (κ2) is 12.7. The molecule has 1 amide bonds. The van der Waals surface area contributed by atoms with Gasteiger partial charge in [-0.15, -0.1) is 0 Å². The van der Waals surface area contributed by atoms with Crippen molar-refractivity contribution in [2.75, 3.05) is 13.1 Å². The van der Waals surface area contributed by atoms with Crippen LogP contribution >= 0.6 is 0 Å². The van der Waals surface area contributed by atoms with Gasteiger partial charge in [0, 0.05) is 6.54 Å². The number of rotatable bonds is 8. The molecule has 7 heteroatoms. The number of aromatic carboxylic acids is 2. The van der Waals surface area contributed by atoms with Crippen LogP contribution in [0.1, 0.15) is 63.2 Å². The number of carboxylic acid groups (broad SMARTS) is 2. The van der Waals surface area contributed by atoms with E-state index in [0.717, 1.165) is 28.8 Å². The van der Waals surface area contributed by atoms with Crippen molar-refractivity contribution < 1.29 is 24.6 Å². The summed E-state index contributed by atoms with van der Waals surface area (Å²) in [5.74, 6) is -1.83. The van der Waals surface area contributed by atoms with Crippen LogP contribution in [0, 0.1) is 6.92 Å². The van der Waals surface area contributed by atoms with Crippen LogP contribution in [0.15, 0.2) is 66.7 Å². The highest BCUT2D eigenvalue weighted by molar-refractivity contribution is 5.89. The maximum Gasteiger partial charge on any atom is 0.335 e. The van der Waals surface area contributed by atoms with Crippen LogP contribution in [0.25, 0.3) is 11.1 Å². The zero-order valence-corrected chi connectivity index (χ0v) is 20.6. The minimum Gasteiger partial charge on any atom is -0.478 e. The number of aryl methyl sites for hydroxylation is 1. The van der Waals surface area contributed by atoms with Gasteiger partial charge in [0.2, 0.25) is 6.41 Å². The molecular weight excluding hydrogens is 456 g/mol. The van der Waals surface area contributed by atoms with Crippen LogP contribution in [0.3, 0.4) is 0 Å². The van der Waals surface area contributed by atoms with Crippen LogP contribution in [0.5, 0.6) is 0 Å². The van der Waals surface area contributed by atoms with Crippen LogP contribution in [-0.4, -0.2) is 46.6 Å². The molecule has 1 unspecified atom stereocenters. The molecule has 1 heterocycles. The van der Waals surface area contributed by atoms with Gasteiger partial charge in [0.1, 0.15) is 0 Å². The van der Waals surface area contributed by atoms with Crippen molar-refractivity contribution in [2.45, 2.75) is 39.3 Å². The van der Waals surface area contributed by atoms with Gasteiger partial charge in [-0.1, -0.05) is 36.4 Å². The van der Waals surface area contributed by atoms with Crippen molar-refractivity contribution in [1.82, 2.24) is 10.2 Å². The van der Waals surface area contributed by atoms with E-state index in [1.165, 1.54) is 43.6 Å². The molecule has 0 radical (unpaired) electrons. The number of carboxylic acids is 2. The first-order valence-corrected chi connectivity index (χ1v) is 12.0. The van der Waals surface area contributed by atoms with E-state index in [-0.39, 0.29) is 11.6 Å². The number of amides is 1. The minimum absolute atomic E-state index is 0.102. The van der Waals surface area contributed by atoms with Crippen molar-refractivity contribution >= 4 is 18.3 Å². The quantitative estimate of drug-likeness (QED) is 0.379. The first kappa shape index (κ1) is 26.6. The Labute approximate surface area is 211 Å². The van der Waals surface area contributed by atoms with Crippen LogP contribution in [-0.2, 0) is 11.3 Å². The number of nitrogens with zero attached hydrogens (tertiary/aromatic N) is 1. The standard InChI is InChI=1S/C19H21NO2.C10H11NO3/c1-14-11-17(19(21)22)7-8-18(14)16-6-4-5-15(12-16)13-20-9-2-3-10-20;1-7(11-6-12)8-2-4-9(5-3-8)10(13)14/h4-8,11-12H,2-3,9-10,13H2,1H3,(H,21,22);2-7H,1H3,(H,11,12)(H,13,14). The molecule has 36 heavy (non-hydrogen) atoms. The molecule has 1 saturated heterocycles. The first-order chi connectivity index (χ1) is 17.3. The first-order valence-electron chi connectivity index (χ1n) is 12.0. The van der Waals surface area contributed by atoms with E-state index in [1.807, 2.05) is 19.9 Å². The predicted molar refractivity (Wildman–Crippen MR) is 139 cm³/mol. The average Bonchev–Trinajstić information content (AvgIpc) is 3.38. The Balaban J connectivity index is 0.000000223. The fraction of sp³-hybridized carbons (Fsp3) is 0.276. The number of likely N-dealkylation sites (tertiary alicyclic amines) is 1. The van der Waals surface area contributed by atoms with E-state index in [9.17, 15) is 14.4 Å². The van der Waals surface area contributed by atoms with Gasteiger partial charge in [-0.3, -0.25) is 9.69 Å². The third-order valence-corrected chi connectivity index (χ3v) is 6.29. The number of carbonyl (C=O) groups is 3. The molecule has 3 aromatic rings. The summed E-state index contributed by atoms with van der Waals surface area (Å²) in [7, 11) is 0. The summed E-state index contributed by atoms with van der Waals surface area (Å²) in [6, 6.07) is 20.2. The van der Waals surface area contributed by atoms with Crippen LogP contribution < -0.4 is 5.32 Å². The molecule has 7 nitrogen and oxygen atoms in total. The van der Waals surface area contributed by atoms with Gasteiger partial charge in [0.25, 0.3) is 0 Å². The lowest BCUT2D eigenvalue weighted by Crippen LogP contribution is -2.18. The Kier molecular flexibility index (Phi) is 9.36. The van der Waals surface area contributed by atoms with Gasteiger partial charge in [-0.05, 0) is 97.9 Å². The fourth-order valence-electron chi connectivity index (χ4n) is 4.27. The molecule has 1 aliphatic heterocycles. The van der Waals surface area contributed by atoms with Crippen molar-refractivity contribution in [1.29, 1.82) is 0 Å². The fourth-order valence-corrected chi connectivity index (χ4v) is 4.27. The third kappa shape index (κ3) is 7.26. The summed E-state index contributed by atoms with van der Waals surface area (Å²) >= 11 is 0. The molecule has 1 fully saturated rings. The molecule has 188 valence electrons. The maximum atomic E-state index is 11.0. The zero-order valence-electron chi connectivity index (χ0n) is 20.6. The van der Waals surface area contributed by atoms with Crippen molar-refractivity contribution in [3.05, 3.63) is 94.5 Å². The number of hydrogen-bond donors (Lipinski definition) is 3. The van der Waals surface area contributed by atoms with E-state index < -0.39 is 11.9 Å². The molecule has 3 aromatic carbocycles. The predicted octanol–water partition coefficient (Wildman–Crippen LogP) is 5.15. The average molecular weight is 489 g/mol. The monoisotopic (exact) mass is 488 g/mol. The Morgan fingerprint density at radius 3 is 2.17 bits per heavy atom. The molecule has 0 saturated carbocycles. The topological polar surface area (TPSA) is 107 Å². The van der Waals surface area contributed by atoms with Crippen LogP contribution in [0.4, 0.5) is 0 Å². The molecule has 0 aliphatic carbocycles. The molecule has 0 aromatic heterocycles. The van der Waals surface area contributed by atoms with Gasteiger partial charge >= 0.3 is 11.9 Å². The molecular formula is C29H32N2O5. The van der Waals surface area contributed by atoms with E-state index in [4.69, 9.17) is 10.2 Å². The molecule has 4 rings (SSSR count). The van der Waals surface area contributed by atoms with Crippen molar-refractivity contribution in [3.63, 3.8) is 0 Å². The number of nitrogens with one attached hydrogen (secondary N) is 1. The summed E-state index contributed by atoms with van der Waals surface area (Å²) in [6.07, 6.45) is 3.22.